The van der Waals surface area contributed by atoms with Crippen LogP contribution in [0.25, 0.3) is 0 Å². The molecule has 2 aromatic carbocycles. The van der Waals surface area contributed by atoms with Crippen molar-refractivity contribution in [3.05, 3.63) is 65.5 Å². The number of hydrogen-bond donors (Lipinski definition) is 1. The molecular formula is C23H26FN3O4. The molecular weight excluding hydrogens is 401 g/mol. The molecule has 1 N–H and O–H groups in total. The van der Waals surface area contributed by atoms with Gasteiger partial charge in [-0.3, -0.25) is 14.4 Å². The summed E-state index contributed by atoms with van der Waals surface area (Å²) in [6, 6.07) is 12.4. The Bertz CT molecular complexity index is 931. The van der Waals surface area contributed by atoms with Gasteiger partial charge in [0.15, 0.2) is 0 Å². The summed E-state index contributed by atoms with van der Waals surface area (Å²) in [6.45, 7) is 2.91. The van der Waals surface area contributed by atoms with Crippen LogP contribution in [0.5, 0.6) is 5.75 Å². The van der Waals surface area contributed by atoms with Crippen LogP contribution in [0.1, 0.15) is 24.5 Å². The van der Waals surface area contributed by atoms with Crippen molar-refractivity contribution in [1.82, 2.24) is 15.1 Å². The monoisotopic (exact) mass is 427 g/mol. The quantitative estimate of drug-likeness (QED) is 0.655. The molecule has 3 amide bonds. The first-order chi connectivity index (χ1) is 14.9. The molecule has 1 saturated heterocycles. The highest BCUT2D eigenvalue weighted by molar-refractivity contribution is 6.35. The summed E-state index contributed by atoms with van der Waals surface area (Å²) in [6.07, 6.45) is 0.394. The topological polar surface area (TPSA) is 79.0 Å². The minimum absolute atomic E-state index is 0.221. The molecule has 7 nitrogen and oxygen atoms in total. The Morgan fingerprint density at radius 3 is 2.29 bits per heavy atom. The van der Waals surface area contributed by atoms with Gasteiger partial charge in [-0.25, -0.2) is 4.39 Å². The van der Waals surface area contributed by atoms with Crippen molar-refractivity contribution in [3.8, 4) is 5.75 Å². The molecule has 0 radical (unpaired) electrons. The summed E-state index contributed by atoms with van der Waals surface area (Å²) in [5, 5.41) is 2.84. The number of nitrogens with one attached hydrogen (secondary N) is 1. The Kier molecular flexibility index (Phi) is 7.23. The number of methoxy groups -OCH3 is 1. The fourth-order valence-corrected chi connectivity index (χ4v) is 3.55. The molecule has 1 fully saturated rings. The molecule has 0 aromatic heterocycles. The van der Waals surface area contributed by atoms with Crippen LogP contribution in [0.3, 0.4) is 0 Å². The van der Waals surface area contributed by atoms with E-state index in [0.717, 1.165) is 16.9 Å². The maximum atomic E-state index is 13.1. The third-order valence-electron chi connectivity index (χ3n) is 5.32. The van der Waals surface area contributed by atoms with Crippen molar-refractivity contribution in [2.45, 2.75) is 32.5 Å². The number of halogens is 1. The van der Waals surface area contributed by atoms with E-state index in [1.807, 2.05) is 12.1 Å². The largest absolute Gasteiger partial charge is 0.497 e. The van der Waals surface area contributed by atoms with Crippen molar-refractivity contribution in [2.24, 2.45) is 0 Å². The van der Waals surface area contributed by atoms with Crippen molar-refractivity contribution in [1.29, 1.82) is 0 Å². The lowest BCUT2D eigenvalue weighted by Crippen LogP contribution is -2.59. The average Bonchev–Trinajstić information content (AvgIpc) is 2.79. The number of carbonyl (C=O) groups excluding carboxylic acids is 3. The maximum absolute atomic E-state index is 13.1. The van der Waals surface area contributed by atoms with Crippen molar-refractivity contribution < 1.29 is 23.5 Å². The molecule has 3 rings (SSSR count). The second-order valence-electron chi connectivity index (χ2n) is 7.34. The average molecular weight is 427 g/mol. The van der Waals surface area contributed by atoms with E-state index in [4.69, 9.17) is 4.74 Å². The van der Waals surface area contributed by atoms with Gasteiger partial charge >= 0.3 is 11.8 Å². The van der Waals surface area contributed by atoms with Gasteiger partial charge in [0.05, 0.1) is 7.11 Å². The van der Waals surface area contributed by atoms with Gasteiger partial charge in [-0.1, -0.05) is 31.2 Å². The molecule has 31 heavy (non-hydrogen) atoms. The first kappa shape index (κ1) is 22.3. The second kappa shape index (κ2) is 10.1. The van der Waals surface area contributed by atoms with E-state index >= 15 is 0 Å². The zero-order valence-corrected chi connectivity index (χ0v) is 17.6. The summed E-state index contributed by atoms with van der Waals surface area (Å²) in [4.78, 5) is 40.8. The van der Waals surface area contributed by atoms with Crippen LogP contribution in [-0.4, -0.2) is 53.8 Å². The van der Waals surface area contributed by atoms with E-state index in [9.17, 15) is 18.8 Å². The summed E-state index contributed by atoms with van der Waals surface area (Å²) >= 11 is 0. The zero-order valence-electron chi connectivity index (χ0n) is 17.6. The number of piperazine rings is 1. The van der Waals surface area contributed by atoms with Crippen molar-refractivity contribution in [2.75, 3.05) is 20.2 Å². The number of ether oxygens (including phenoxy) is 1. The maximum Gasteiger partial charge on any atom is 0.312 e. The minimum atomic E-state index is -0.720. The van der Waals surface area contributed by atoms with Crippen LogP contribution in [0.4, 0.5) is 4.39 Å². The molecule has 0 unspecified atom stereocenters. The lowest BCUT2D eigenvalue weighted by molar-refractivity contribution is -0.159. The molecule has 0 spiro atoms. The minimum Gasteiger partial charge on any atom is -0.497 e. The number of amides is 3. The third kappa shape index (κ3) is 5.39. The normalized spacial score (nSPS) is 15.1. The molecule has 164 valence electrons. The van der Waals surface area contributed by atoms with Crippen molar-refractivity contribution >= 4 is 17.7 Å². The fourth-order valence-electron chi connectivity index (χ4n) is 3.55. The van der Waals surface area contributed by atoms with Gasteiger partial charge in [0.25, 0.3) is 0 Å². The van der Waals surface area contributed by atoms with E-state index in [1.165, 1.54) is 21.9 Å². The molecule has 1 heterocycles. The number of hydrogen-bond acceptors (Lipinski definition) is 4. The highest BCUT2D eigenvalue weighted by atomic mass is 19.1. The van der Waals surface area contributed by atoms with Crippen molar-refractivity contribution in [3.63, 3.8) is 0 Å². The lowest BCUT2D eigenvalue weighted by atomic mass is 10.1. The predicted octanol–water partition coefficient (Wildman–Crippen LogP) is 2.10. The number of carbonyl (C=O) groups is 3. The van der Waals surface area contributed by atoms with E-state index in [0.29, 0.717) is 19.5 Å². The highest BCUT2D eigenvalue weighted by Crippen LogP contribution is 2.16. The lowest BCUT2D eigenvalue weighted by Gasteiger charge is -2.37. The van der Waals surface area contributed by atoms with E-state index in [2.05, 4.69) is 5.32 Å². The zero-order chi connectivity index (χ0) is 22.4. The Balaban J connectivity index is 1.59. The van der Waals surface area contributed by atoms with Gasteiger partial charge in [0.1, 0.15) is 17.6 Å². The van der Waals surface area contributed by atoms with Gasteiger partial charge in [-0.05, 0) is 41.8 Å². The summed E-state index contributed by atoms with van der Waals surface area (Å²) < 4.78 is 18.2. The third-order valence-corrected chi connectivity index (χ3v) is 5.32. The van der Waals surface area contributed by atoms with Gasteiger partial charge in [0, 0.05) is 26.2 Å². The van der Waals surface area contributed by atoms with E-state index in [1.54, 1.807) is 38.3 Å². The van der Waals surface area contributed by atoms with Crippen LogP contribution in [0.15, 0.2) is 48.5 Å². The van der Waals surface area contributed by atoms with Crippen LogP contribution in [0.2, 0.25) is 0 Å². The predicted molar refractivity (Wildman–Crippen MR) is 112 cm³/mol. The molecule has 8 heteroatoms. The Hall–Kier alpha value is -3.42. The van der Waals surface area contributed by atoms with Crippen LogP contribution in [0, 0.1) is 5.82 Å². The molecule has 0 aliphatic carbocycles. The summed E-state index contributed by atoms with van der Waals surface area (Å²) in [5.74, 6) is -1.28. The number of nitrogens with zero attached hydrogens (tertiary/aromatic N) is 2. The molecule has 2 aromatic rings. The van der Waals surface area contributed by atoms with Gasteiger partial charge < -0.3 is 19.9 Å². The van der Waals surface area contributed by atoms with E-state index in [-0.39, 0.29) is 24.8 Å². The SMILES string of the molecule is CC[C@@H](C(=O)NCc1ccc(OC)cc1)N1CCN(Cc2ccc(F)cc2)C(=O)C1=O. The smallest absolute Gasteiger partial charge is 0.312 e. The van der Waals surface area contributed by atoms with Gasteiger partial charge in [0.2, 0.25) is 5.91 Å². The number of benzene rings is 2. The van der Waals surface area contributed by atoms with Crippen LogP contribution >= 0.6 is 0 Å². The van der Waals surface area contributed by atoms with Gasteiger partial charge in [-0.2, -0.15) is 0 Å². The summed E-state index contributed by atoms with van der Waals surface area (Å²) in [7, 11) is 1.58. The van der Waals surface area contributed by atoms with Crippen LogP contribution < -0.4 is 10.1 Å². The van der Waals surface area contributed by atoms with Gasteiger partial charge in [-0.15, -0.1) is 0 Å². The Morgan fingerprint density at radius 2 is 1.68 bits per heavy atom. The second-order valence-corrected chi connectivity index (χ2v) is 7.34. The fraction of sp³-hybridized carbons (Fsp3) is 0.348. The summed E-state index contributed by atoms with van der Waals surface area (Å²) in [5.41, 5.74) is 1.63. The number of rotatable bonds is 8. The molecule has 1 atom stereocenters. The Morgan fingerprint density at radius 1 is 1.03 bits per heavy atom. The highest BCUT2D eigenvalue weighted by Gasteiger charge is 2.38. The standard InChI is InChI=1S/C23H26FN3O4/c1-3-20(21(28)25-14-16-6-10-19(31-2)11-7-16)27-13-12-26(22(29)23(27)30)15-17-4-8-18(24)9-5-17/h4-11,20H,3,12-15H2,1-2H3,(H,25,28)/t20-/m0/s1. The Labute approximate surface area is 180 Å². The first-order valence-corrected chi connectivity index (χ1v) is 10.2. The molecule has 1 aliphatic rings. The molecule has 1 aliphatic heterocycles. The molecule has 0 bridgehead atoms. The first-order valence-electron chi connectivity index (χ1n) is 10.2. The van der Waals surface area contributed by atoms with E-state index < -0.39 is 17.9 Å². The molecule has 0 saturated carbocycles. The van der Waals surface area contributed by atoms with Crippen LogP contribution in [-0.2, 0) is 27.5 Å².